The first-order valence-corrected chi connectivity index (χ1v) is 7.55. The molecule has 0 saturated carbocycles. The van der Waals surface area contributed by atoms with Gasteiger partial charge in [0.2, 0.25) is 0 Å². The number of amides is 1. The number of hydrogen-bond acceptors (Lipinski definition) is 6. The molecule has 0 unspecified atom stereocenters. The lowest BCUT2D eigenvalue weighted by Crippen LogP contribution is -2.45. The zero-order valence-corrected chi connectivity index (χ0v) is 12.4. The molecular weight excluding hydrogens is 296 g/mol. The summed E-state index contributed by atoms with van der Waals surface area (Å²) in [6, 6.07) is 3.61. The zero-order chi connectivity index (χ0) is 13.9. The summed E-state index contributed by atoms with van der Waals surface area (Å²) >= 11 is 6.62. The number of hydrogen-bond donors (Lipinski definition) is 0. The molecule has 3 rings (SSSR count). The minimum atomic E-state index is -0.0529. The Hall–Kier alpha value is -1.15. The quantitative estimate of drug-likeness (QED) is 0.626. The highest BCUT2D eigenvalue weighted by molar-refractivity contribution is 8.26. The van der Waals surface area contributed by atoms with Crippen molar-refractivity contribution in [2.75, 3.05) is 33.0 Å². The SMILES string of the molecule is O=C1C(=Cc2ccco2)SC(=S)N1CN1CCOCC1. The summed E-state index contributed by atoms with van der Waals surface area (Å²) in [5, 5.41) is 0. The molecule has 2 aliphatic rings. The minimum absolute atomic E-state index is 0.0529. The predicted molar refractivity (Wildman–Crippen MR) is 81.0 cm³/mol. The third-order valence-electron chi connectivity index (χ3n) is 3.14. The number of rotatable bonds is 3. The molecule has 106 valence electrons. The molecule has 2 aliphatic heterocycles. The van der Waals surface area contributed by atoms with Crippen LogP contribution in [0.4, 0.5) is 0 Å². The fourth-order valence-electron chi connectivity index (χ4n) is 2.07. The molecule has 7 heteroatoms. The average molecular weight is 310 g/mol. The van der Waals surface area contributed by atoms with E-state index in [4.69, 9.17) is 21.4 Å². The number of ether oxygens (including phenoxy) is 1. The fraction of sp³-hybridized carbons (Fsp3) is 0.385. The molecule has 1 amide bonds. The molecule has 0 aliphatic carbocycles. The van der Waals surface area contributed by atoms with Crippen LogP contribution in [0.25, 0.3) is 6.08 Å². The first-order valence-electron chi connectivity index (χ1n) is 6.33. The molecular formula is C13H14N2O3S2. The number of morpholine rings is 1. The summed E-state index contributed by atoms with van der Waals surface area (Å²) < 4.78 is 11.1. The van der Waals surface area contributed by atoms with E-state index < -0.39 is 0 Å². The normalized spacial score (nSPS) is 23.0. The van der Waals surface area contributed by atoms with Crippen molar-refractivity contribution in [2.45, 2.75) is 0 Å². The smallest absolute Gasteiger partial charge is 0.267 e. The fourth-order valence-corrected chi connectivity index (χ4v) is 3.29. The van der Waals surface area contributed by atoms with Gasteiger partial charge in [0, 0.05) is 19.2 Å². The van der Waals surface area contributed by atoms with Crippen molar-refractivity contribution >= 4 is 40.3 Å². The maximum atomic E-state index is 12.4. The van der Waals surface area contributed by atoms with E-state index in [1.807, 2.05) is 6.07 Å². The zero-order valence-electron chi connectivity index (χ0n) is 10.8. The highest BCUT2D eigenvalue weighted by Crippen LogP contribution is 2.32. The van der Waals surface area contributed by atoms with Gasteiger partial charge in [-0.2, -0.15) is 0 Å². The Kier molecular flexibility index (Phi) is 4.21. The second kappa shape index (κ2) is 6.09. The van der Waals surface area contributed by atoms with Crippen LogP contribution >= 0.6 is 24.0 Å². The second-order valence-corrected chi connectivity index (χ2v) is 6.17. The maximum absolute atomic E-state index is 12.4. The second-order valence-electron chi connectivity index (χ2n) is 4.50. The van der Waals surface area contributed by atoms with E-state index in [0.717, 1.165) is 13.1 Å². The molecule has 3 heterocycles. The number of carbonyl (C=O) groups excluding carboxylic acids is 1. The maximum Gasteiger partial charge on any atom is 0.267 e. The lowest BCUT2D eigenvalue weighted by Gasteiger charge is -2.29. The molecule has 1 aromatic rings. The van der Waals surface area contributed by atoms with Gasteiger partial charge in [-0.15, -0.1) is 0 Å². The Morgan fingerprint density at radius 2 is 2.20 bits per heavy atom. The minimum Gasteiger partial charge on any atom is -0.465 e. The van der Waals surface area contributed by atoms with Gasteiger partial charge in [0.05, 0.1) is 31.1 Å². The third kappa shape index (κ3) is 2.95. The summed E-state index contributed by atoms with van der Waals surface area (Å²) in [4.78, 5) is 16.8. The van der Waals surface area contributed by atoms with E-state index in [9.17, 15) is 4.79 Å². The highest BCUT2D eigenvalue weighted by atomic mass is 32.2. The van der Waals surface area contributed by atoms with Gasteiger partial charge < -0.3 is 9.15 Å². The largest absolute Gasteiger partial charge is 0.465 e. The summed E-state index contributed by atoms with van der Waals surface area (Å²) in [6.45, 7) is 3.60. The Morgan fingerprint density at radius 3 is 2.90 bits per heavy atom. The Labute approximate surface area is 126 Å². The summed E-state index contributed by atoms with van der Waals surface area (Å²) in [6.07, 6.45) is 3.32. The summed E-state index contributed by atoms with van der Waals surface area (Å²) in [5.41, 5.74) is 0. The van der Waals surface area contributed by atoms with Crippen molar-refractivity contribution in [1.29, 1.82) is 0 Å². The molecule has 0 radical (unpaired) electrons. The Morgan fingerprint density at radius 1 is 1.40 bits per heavy atom. The molecule has 20 heavy (non-hydrogen) atoms. The van der Waals surface area contributed by atoms with Gasteiger partial charge in [-0.1, -0.05) is 24.0 Å². The summed E-state index contributed by atoms with van der Waals surface area (Å²) in [5.74, 6) is 0.611. The van der Waals surface area contributed by atoms with Crippen LogP contribution < -0.4 is 0 Å². The first kappa shape index (κ1) is 13.8. The van der Waals surface area contributed by atoms with Gasteiger partial charge in [-0.05, 0) is 12.1 Å². The van der Waals surface area contributed by atoms with Crippen LogP contribution in [-0.4, -0.2) is 53.0 Å². The van der Waals surface area contributed by atoms with Crippen molar-refractivity contribution in [1.82, 2.24) is 9.80 Å². The molecule has 1 aromatic heterocycles. The number of carbonyl (C=O) groups is 1. The van der Waals surface area contributed by atoms with Crippen LogP contribution in [0.5, 0.6) is 0 Å². The monoisotopic (exact) mass is 310 g/mol. The first-order chi connectivity index (χ1) is 9.74. The van der Waals surface area contributed by atoms with Crippen molar-refractivity contribution < 1.29 is 13.9 Å². The molecule has 0 spiro atoms. The van der Waals surface area contributed by atoms with E-state index in [1.54, 1.807) is 23.3 Å². The van der Waals surface area contributed by atoms with E-state index in [0.29, 0.717) is 34.9 Å². The van der Waals surface area contributed by atoms with Crippen LogP contribution in [0.3, 0.4) is 0 Å². The summed E-state index contributed by atoms with van der Waals surface area (Å²) in [7, 11) is 0. The van der Waals surface area contributed by atoms with Crippen LogP contribution in [0, 0.1) is 0 Å². The molecule has 5 nitrogen and oxygen atoms in total. The molecule has 2 saturated heterocycles. The molecule has 0 aromatic carbocycles. The van der Waals surface area contributed by atoms with Crippen molar-refractivity contribution in [2.24, 2.45) is 0 Å². The van der Waals surface area contributed by atoms with Gasteiger partial charge >= 0.3 is 0 Å². The average Bonchev–Trinajstić information content (AvgIpc) is 3.05. The third-order valence-corrected chi connectivity index (χ3v) is 4.51. The van der Waals surface area contributed by atoms with Gasteiger partial charge in [0.15, 0.2) is 0 Å². The Bertz CT molecular complexity index is 536. The lowest BCUT2D eigenvalue weighted by atomic mass is 10.3. The Balaban J connectivity index is 1.70. The van der Waals surface area contributed by atoms with Crippen molar-refractivity contribution in [3.05, 3.63) is 29.1 Å². The molecule has 2 fully saturated rings. The predicted octanol–water partition coefficient (Wildman–Crippen LogP) is 1.77. The van der Waals surface area contributed by atoms with Gasteiger partial charge in [0.1, 0.15) is 10.1 Å². The van der Waals surface area contributed by atoms with E-state index >= 15 is 0 Å². The van der Waals surface area contributed by atoms with Crippen molar-refractivity contribution in [3.8, 4) is 0 Å². The molecule has 0 N–H and O–H groups in total. The van der Waals surface area contributed by atoms with Crippen molar-refractivity contribution in [3.63, 3.8) is 0 Å². The number of furan rings is 1. The number of thiocarbonyl (C=S) groups is 1. The number of thioether (sulfide) groups is 1. The highest BCUT2D eigenvalue weighted by Gasteiger charge is 2.33. The lowest BCUT2D eigenvalue weighted by molar-refractivity contribution is -0.124. The standard InChI is InChI=1S/C13H14N2O3S2/c16-12-11(8-10-2-1-5-18-10)20-13(19)15(12)9-14-3-6-17-7-4-14/h1-2,5,8H,3-4,6-7,9H2. The van der Waals surface area contributed by atoms with Crippen LogP contribution in [-0.2, 0) is 9.53 Å². The van der Waals surface area contributed by atoms with Crippen LogP contribution in [0.2, 0.25) is 0 Å². The van der Waals surface area contributed by atoms with Crippen LogP contribution in [0.1, 0.15) is 5.76 Å². The van der Waals surface area contributed by atoms with E-state index in [1.165, 1.54) is 11.8 Å². The van der Waals surface area contributed by atoms with Crippen LogP contribution in [0.15, 0.2) is 27.7 Å². The van der Waals surface area contributed by atoms with Gasteiger partial charge in [-0.25, -0.2) is 0 Å². The van der Waals surface area contributed by atoms with Gasteiger partial charge in [-0.3, -0.25) is 14.6 Å². The van der Waals surface area contributed by atoms with E-state index in [-0.39, 0.29) is 5.91 Å². The van der Waals surface area contributed by atoms with E-state index in [2.05, 4.69) is 4.90 Å². The molecule has 0 atom stereocenters. The number of nitrogens with zero attached hydrogens (tertiary/aromatic N) is 2. The topological polar surface area (TPSA) is 45.9 Å². The van der Waals surface area contributed by atoms with Gasteiger partial charge in [0.25, 0.3) is 5.91 Å². The molecule has 0 bridgehead atoms.